The number of nitrogens with zero attached hydrogens (tertiary/aromatic N) is 1. The van der Waals surface area contributed by atoms with E-state index in [4.69, 9.17) is 4.43 Å². The van der Waals surface area contributed by atoms with Crippen molar-refractivity contribution in [1.29, 1.82) is 0 Å². The minimum atomic E-state index is -2.01. The Balaban J connectivity index is 1.38. The molecule has 1 aliphatic rings. The quantitative estimate of drug-likeness (QED) is 0.219. The van der Waals surface area contributed by atoms with Gasteiger partial charge in [0.1, 0.15) is 6.54 Å². The molecule has 6 nitrogen and oxygen atoms in total. The normalized spacial score (nSPS) is 13.8. The second kappa shape index (κ2) is 12.5. The van der Waals surface area contributed by atoms with E-state index in [-0.39, 0.29) is 18.1 Å². The Bertz CT molecular complexity index is 1570. The Hall–Kier alpha value is -4.33. The lowest BCUT2D eigenvalue weighted by Crippen LogP contribution is -2.50. The molecule has 1 aliphatic heterocycles. The highest BCUT2D eigenvalue weighted by molar-refractivity contribution is 6.80. The first-order valence-corrected chi connectivity index (χ1v) is 16.3. The van der Waals surface area contributed by atoms with Crippen LogP contribution in [0.3, 0.4) is 0 Å². The largest absolute Gasteiger partial charge is 0.407 e. The van der Waals surface area contributed by atoms with Gasteiger partial charge in [-0.25, -0.2) is 0 Å². The van der Waals surface area contributed by atoms with E-state index in [9.17, 15) is 14.4 Å². The summed E-state index contributed by atoms with van der Waals surface area (Å²) < 4.78 is 7.13. The first kappa shape index (κ1) is 30.1. The molecule has 0 aliphatic carbocycles. The maximum atomic E-state index is 13.1. The molecular formula is C36H38N2O4Si. The zero-order valence-corrected chi connectivity index (χ0v) is 26.5. The molecule has 4 aromatic rings. The van der Waals surface area contributed by atoms with Crippen LogP contribution in [0, 0.1) is 19.3 Å². The molecule has 1 heterocycles. The lowest BCUT2D eigenvalue weighted by Gasteiger charge is -2.35. The minimum absolute atomic E-state index is 0.0914. The lowest BCUT2D eigenvalue weighted by atomic mass is 9.83. The number of benzene rings is 4. The summed E-state index contributed by atoms with van der Waals surface area (Å²) in [4.78, 5) is 39.7. The van der Waals surface area contributed by atoms with Gasteiger partial charge in [0.05, 0.1) is 17.2 Å². The highest BCUT2D eigenvalue weighted by atomic mass is 28.3. The first-order valence-electron chi connectivity index (χ1n) is 14.6. The molecule has 0 radical (unpaired) electrons. The number of rotatable bonds is 9. The maximum Gasteiger partial charge on any atom is 0.262 e. The highest BCUT2D eigenvalue weighted by Crippen LogP contribution is 2.31. The van der Waals surface area contributed by atoms with E-state index in [2.05, 4.69) is 81.5 Å². The van der Waals surface area contributed by atoms with Crippen molar-refractivity contribution in [2.45, 2.75) is 47.1 Å². The summed E-state index contributed by atoms with van der Waals surface area (Å²) >= 11 is 0. The van der Waals surface area contributed by atoms with Gasteiger partial charge < -0.3 is 9.74 Å². The molecule has 7 heteroatoms. The van der Waals surface area contributed by atoms with Gasteiger partial charge in [-0.1, -0.05) is 99.6 Å². The standard InChI is InChI=1S/C36H38N2O4Si/c1-24-20-21-31(37-33(39)23-38-34(40)28-18-12-13-19-29(28)35(38)41)25(2)30(24)22-32(36(3,4)5)42-43(26-14-8-6-9-15-26)27-16-10-7-11-17-27/h6-21,32,43H,22-23H2,1-5H3,(H,37,39). The third-order valence-corrected chi connectivity index (χ3v) is 10.7. The van der Waals surface area contributed by atoms with Crippen LogP contribution in [0.2, 0.25) is 0 Å². The minimum Gasteiger partial charge on any atom is -0.407 e. The van der Waals surface area contributed by atoms with Crippen molar-refractivity contribution in [1.82, 2.24) is 4.90 Å². The molecule has 0 fully saturated rings. The molecule has 0 bridgehead atoms. The van der Waals surface area contributed by atoms with E-state index in [0.29, 0.717) is 23.2 Å². The number of fused-ring (bicyclic) bond motifs is 1. The number of nitrogens with one attached hydrogen (secondary N) is 1. The fraction of sp³-hybridized carbons (Fsp3) is 0.250. The van der Waals surface area contributed by atoms with Gasteiger partial charge in [-0.15, -0.1) is 0 Å². The fourth-order valence-electron chi connectivity index (χ4n) is 5.57. The predicted octanol–water partition coefficient (Wildman–Crippen LogP) is 5.05. The molecule has 4 aromatic carbocycles. The van der Waals surface area contributed by atoms with Crippen molar-refractivity contribution in [3.05, 3.63) is 125 Å². The summed E-state index contributed by atoms with van der Waals surface area (Å²) in [6.45, 7) is 10.4. The number of anilines is 1. The van der Waals surface area contributed by atoms with Crippen molar-refractivity contribution in [2.75, 3.05) is 11.9 Å². The summed E-state index contributed by atoms with van der Waals surface area (Å²) in [5.74, 6) is -1.31. The molecule has 0 saturated carbocycles. The van der Waals surface area contributed by atoms with E-state index in [0.717, 1.165) is 21.6 Å². The predicted molar refractivity (Wildman–Crippen MR) is 174 cm³/mol. The number of aryl methyl sites for hydroxylation is 1. The third kappa shape index (κ3) is 6.53. The Kier molecular flexibility index (Phi) is 8.76. The van der Waals surface area contributed by atoms with Crippen LogP contribution in [0.4, 0.5) is 5.69 Å². The molecule has 3 amide bonds. The molecule has 0 aromatic heterocycles. The first-order chi connectivity index (χ1) is 20.5. The Morgan fingerprint density at radius 3 is 1.81 bits per heavy atom. The van der Waals surface area contributed by atoms with Crippen LogP contribution in [0.25, 0.3) is 0 Å². The van der Waals surface area contributed by atoms with Gasteiger partial charge in [-0.2, -0.15) is 0 Å². The molecule has 1 unspecified atom stereocenters. The van der Waals surface area contributed by atoms with Gasteiger partial charge in [0, 0.05) is 5.69 Å². The van der Waals surface area contributed by atoms with Crippen molar-refractivity contribution >= 4 is 42.8 Å². The van der Waals surface area contributed by atoms with Gasteiger partial charge in [0.15, 0.2) is 0 Å². The van der Waals surface area contributed by atoms with E-state index in [1.807, 2.05) is 31.2 Å². The molecular weight excluding hydrogens is 552 g/mol. The molecule has 0 spiro atoms. The zero-order valence-electron chi connectivity index (χ0n) is 25.4. The fourth-order valence-corrected chi connectivity index (χ4v) is 8.25. The van der Waals surface area contributed by atoms with Crippen LogP contribution in [0.15, 0.2) is 97.1 Å². The van der Waals surface area contributed by atoms with Gasteiger partial charge in [-0.3, -0.25) is 19.3 Å². The van der Waals surface area contributed by atoms with Gasteiger partial charge in [0.25, 0.3) is 11.8 Å². The number of carbonyl (C=O) groups is 3. The number of hydrogen-bond donors (Lipinski definition) is 1. The Labute approximate surface area is 255 Å². The SMILES string of the molecule is Cc1ccc(NC(=O)CN2C(=O)c3ccccc3C2=O)c(C)c1CC(O[SiH](c1ccccc1)c1ccccc1)C(C)(C)C. The summed E-state index contributed by atoms with van der Waals surface area (Å²) in [6, 6.07) is 31.5. The number of imide groups is 1. The van der Waals surface area contributed by atoms with Crippen molar-refractivity contribution in [3.63, 3.8) is 0 Å². The highest BCUT2D eigenvalue weighted by Gasteiger charge is 2.36. The van der Waals surface area contributed by atoms with Gasteiger partial charge in [0.2, 0.25) is 14.9 Å². The van der Waals surface area contributed by atoms with Crippen LogP contribution in [-0.2, 0) is 15.6 Å². The molecule has 1 atom stereocenters. The zero-order chi connectivity index (χ0) is 30.7. The van der Waals surface area contributed by atoms with E-state index in [1.54, 1.807) is 24.3 Å². The number of hydrogen-bond acceptors (Lipinski definition) is 4. The Morgan fingerprint density at radius 2 is 1.30 bits per heavy atom. The number of carbonyl (C=O) groups excluding carboxylic acids is 3. The third-order valence-electron chi connectivity index (χ3n) is 8.15. The monoisotopic (exact) mass is 590 g/mol. The van der Waals surface area contributed by atoms with E-state index >= 15 is 0 Å². The molecule has 220 valence electrons. The molecule has 1 N–H and O–H groups in total. The van der Waals surface area contributed by atoms with Gasteiger partial charge in [-0.05, 0) is 70.9 Å². The average Bonchev–Trinajstić information content (AvgIpc) is 3.23. The van der Waals surface area contributed by atoms with Crippen molar-refractivity contribution in [2.24, 2.45) is 5.41 Å². The van der Waals surface area contributed by atoms with Crippen molar-refractivity contribution < 1.29 is 18.8 Å². The van der Waals surface area contributed by atoms with Crippen LogP contribution in [-0.4, -0.2) is 44.3 Å². The van der Waals surface area contributed by atoms with Crippen LogP contribution < -0.4 is 15.7 Å². The smallest absolute Gasteiger partial charge is 0.262 e. The average molecular weight is 591 g/mol. The topological polar surface area (TPSA) is 75.7 Å². The lowest BCUT2D eigenvalue weighted by molar-refractivity contribution is -0.116. The number of amides is 3. The van der Waals surface area contributed by atoms with E-state index in [1.165, 1.54) is 10.4 Å². The Morgan fingerprint density at radius 1 is 0.791 bits per heavy atom. The van der Waals surface area contributed by atoms with Gasteiger partial charge >= 0.3 is 0 Å². The van der Waals surface area contributed by atoms with Crippen LogP contribution in [0.1, 0.15) is 58.2 Å². The van der Waals surface area contributed by atoms with Crippen LogP contribution >= 0.6 is 0 Å². The molecule has 43 heavy (non-hydrogen) atoms. The summed E-state index contributed by atoms with van der Waals surface area (Å²) in [5, 5.41) is 5.41. The van der Waals surface area contributed by atoms with Crippen LogP contribution in [0.5, 0.6) is 0 Å². The van der Waals surface area contributed by atoms with Crippen molar-refractivity contribution in [3.8, 4) is 0 Å². The summed E-state index contributed by atoms with van der Waals surface area (Å²) in [6.07, 6.45) is 0.582. The summed E-state index contributed by atoms with van der Waals surface area (Å²) in [7, 11) is -2.01. The van der Waals surface area contributed by atoms with E-state index < -0.39 is 26.8 Å². The molecule has 0 saturated heterocycles. The summed E-state index contributed by atoms with van der Waals surface area (Å²) in [5.41, 5.74) is 4.35. The molecule has 5 rings (SSSR count). The second-order valence-electron chi connectivity index (χ2n) is 12.2. The maximum absolute atomic E-state index is 13.1. The second-order valence-corrected chi connectivity index (χ2v) is 14.6.